The lowest BCUT2D eigenvalue weighted by Crippen LogP contribution is -2.86. The largest absolute Gasteiger partial charge is 0.495 e. The van der Waals surface area contributed by atoms with Gasteiger partial charge in [0.05, 0.1) is 12.1 Å². The van der Waals surface area contributed by atoms with Gasteiger partial charge in [0.2, 0.25) is 0 Å². The van der Waals surface area contributed by atoms with E-state index >= 15 is 0 Å². The second kappa shape index (κ2) is 8.20. The van der Waals surface area contributed by atoms with Crippen LogP contribution in [-0.2, 0) is 4.79 Å². The summed E-state index contributed by atoms with van der Waals surface area (Å²) in [6, 6.07) is 12.9. The minimum Gasteiger partial charge on any atom is -0.495 e. The fourth-order valence-electron chi connectivity index (χ4n) is 2.21. The minimum atomic E-state index is -0.106. The lowest BCUT2D eigenvalue weighted by atomic mass is 10.1. The molecule has 3 N–H and O–H groups in total. The Morgan fingerprint density at radius 2 is 1.96 bits per heavy atom. The highest BCUT2D eigenvalue weighted by molar-refractivity contribution is 6.32. The first-order chi connectivity index (χ1) is 11.0. The molecule has 0 fully saturated rings. The number of rotatable bonds is 6. The average Bonchev–Trinajstić information content (AvgIpc) is 2.53. The molecule has 4 nitrogen and oxygen atoms in total. The Morgan fingerprint density at radius 3 is 2.61 bits per heavy atom. The fraction of sp³-hybridized carbons (Fsp3) is 0.235. The van der Waals surface area contributed by atoms with E-state index in [4.69, 9.17) is 27.9 Å². The smallest absolute Gasteiger partial charge is 0.279 e. The molecule has 1 atom stereocenters. The number of amides is 1. The molecule has 0 aliphatic rings. The zero-order valence-electron chi connectivity index (χ0n) is 13.0. The van der Waals surface area contributed by atoms with Crippen LogP contribution in [-0.4, -0.2) is 19.6 Å². The average molecular weight is 354 g/mol. The van der Waals surface area contributed by atoms with Gasteiger partial charge in [-0.2, -0.15) is 0 Å². The van der Waals surface area contributed by atoms with E-state index in [2.05, 4.69) is 5.32 Å². The molecular weight excluding hydrogens is 335 g/mol. The van der Waals surface area contributed by atoms with Gasteiger partial charge < -0.3 is 15.4 Å². The molecule has 0 bridgehead atoms. The number of quaternary nitrogens is 1. The Balaban J connectivity index is 1.90. The molecule has 0 aliphatic heterocycles. The summed E-state index contributed by atoms with van der Waals surface area (Å²) in [4.78, 5) is 12.0. The number of nitrogens with one attached hydrogen (secondary N) is 1. The van der Waals surface area contributed by atoms with Gasteiger partial charge >= 0.3 is 0 Å². The van der Waals surface area contributed by atoms with Crippen molar-refractivity contribution >= 4 is 34.8 Å². The van der Waals surface area contributed by atoms with Gasteiger partial charge in [-0.15, -0.1) is 0 Å². The van der Waals surface area contributed by atoms with Crippen molar-refractivity contribution < 1.29 is 14.8 Å². The maximum atomic E-state index is 12.0. The molecule has 0 spiro atoms. The third-order valence-corrected chi connectivity index (χ3v) is 4.13. The van der Waals surface area contributed by atoms with E-state index in [0.29, 0.717) is 21.5 Å². The van der Waals surface area contributed by atoms with Crippen LogP contribution >= 0.6 is 23.2 Å². The first-order valence-electron chi connectivity index (χ1n) is 7.22. The molecule has 1 amide bonds. The van der Waals surface area contributed by atoms with E-state index in [9.17, 15) is 4.79 Å². The summed E-state index contributed by atoms with van der Waals surface area (Å²) in [5.74, 6) is 0.466. The molecule has 0 radical (unpaired) electrons. The maximum absolute atomic E-state index is 12.0. The van der Waals surface area contributed by atoms with E-state index in [1.54, 1.807) is 25.3 Å². The number of anilines is 1. The molecule has 0 saturated heterocycles. The van der Waals surface area contributed by atoms with Gasteiger partial charge in [-0.1, -0.05) is 41.4 Å². The van der Waals surface area contributed by atoms with Crippen molar-refractivity contribution in [1.29, 1.82) is 0 Å². The van der Waals surface area contributed by atoms with Gasteiger partial charge in [0.15, 0.2) is 6.54 Å². The standard InChI is InChI=1S/C17H18Cl2N2O2/c1-11(13-5-3-4-6-14(13)18)20-10-17(22)21-12-7-8-16(23-2)15(19)9-12/h3-9,11,20H,10H2,1-2H3,(H,21,22)/p+1/t11-/m1/s1. The Morgan fingerprint density at radius 1 is 1.22 bits per heavy atom. The quantitative estimate of drug-likeness (QED) is 0.837. The zero-order valence-corrected chi connectivity index (χ0v) is 14.5. The number of hydrogen-bond donors (Lipinski definition) is 2. The molecule has 2 aromatic rings. The van der Waals surface area contributed by atoms with Crippen LogP contribution in [0.2, 0.25) is 10.0 Å². The third-order valence-electron chi connectivity index (χ3n) is 3.49. The van der Waals surface area contributed by atoms with E-state index in [1.807, 2.05) is 36.5 Å². The van der Waals surface area contributed by atoms with Crippen LogP contribution in [0.15, 0.2) is 42.5 Å². The number of halogens is 2. The third kappa shape index (κ3) is 4.86. The van der Waals surface area contributed by atoms with E-state index in [-0.39, 0.29) is 18.5 Å². The van der Waals surface area contributed by atoms with Crippen molar-refractivity contribution in [3.63, 3.8) is 0 Å². The number of nitrogens with two attached hydrogens (primary N) is 1. The number of ether oxygens (including phenoxy) is 1. The van der Waals surface area contributed by atoms with Crippen molar-refractivity contribution in [2.75, 3.05) is 19.0 Å². The molecular formula is C17H19Cl2N2O2+. The maximum Gasteiger partial charge on any atom is 0.279 e. The number of benzene rings is 2. The number of carbonyl (C=O) groups is 1. The van der Waals surface area contributed by atoms with Crippen molar-refractivity contribution in [2.24, 2.45) is 0 Å². The fourth-order valence-corrected chi connectivity index (χ4v) is 2.78. The van der Waals surface area contributed by atoms with Crippen LogP contribution in [0.5, 0.6) is 5.75 Å². The van der Waals surface area contributed by atoms with Crippen molar-refractivity contribution in [3.8, 4) is 5.75 Å². The lowest BCUT2D eigenvalue weighted by molar-refractivity contribution is -0.682. The van der Waals surface area contributed by atoms with Crippen LogP contribution in [0.3, 0.4) is 0 Å². The predicted molar refractivity (Wildman–Crippen MR) is 93.3 cm³/mol. The first kappa shape index (κ1) is 17.6. The molecule has 6 heteroatoms. The minimum absolute atomic E-state index is 0.0916. The van der Waals surface area contributed by atoms with Crippen molar-refractivity contribution in [3.05, 3.63) is 58.1 Å². The van der Waals surface area contributed by atoms with E-state index in [1.165, 1.54) is 0 Å². The highest BCUT2D eigenvalue weighted by Crippen LogP contribution is 2.27. The molecule has 122 valence electrons. The van der Waals surface area contributed by atoms with Crippen LogP contribution in [0.1, 0.15) is 18.5 Å². The first-order valence-corrected chi connectivity index (χ1v) is 7.98. The van der Waals surface area contributed by atoms with Gasteiger partial charge in [0.25, 0.3) is 5.91 Å². The highest BCUT2D eigenvalue weighted by Gasteiger charge is 2.14. The second-order valence-electron chi connectivity index (χ2n) is 5.15. The van der Waals surface area contributed by atoms with Crippen LogP contribution in [0.25, 0.3) is 0 Å². The molecule has 0 aromatic heterocycles. The summed E-state index contributed by atoms with van der Waals surface area (Å²) in [5.41, 5.74) is 1.65. The molecule has 0 aliphatic carbocycles. The van der Waals surface area contributed by atoms with Gasteiger partial charge in [-0.25, -0.2) is 0 Å². The molecule has 0 heterocycles. The Labute approximate surface area is 145 Å². The summed E-state index contributed by atoms with van der Waals surface area (Å²) < 4.78 is 5.08. The van der Waals surface area contributed by atoms with Gasteiger partial charge in [-0.05, 0) is 31.2 Å². The van der Waals surface area contributed by atoms with Crippen LogP contribution in [0.4, 0.5) is 5.69 Å². The lowest BCUT2D eigenvalue weighted by Gasteiger charge is -2.13. The summed E-state index contributed by atoms with van der Waals surface area (Å²) in [7, 11) is 1.55. The number of hydrogen-bond acceptors (Lipinski definition) is 2. The van der Waals surface area contributed by atoms with Gasteiger partial charge in [0.1, 0.15) is 11.8 Å². The molecule has 2 rings (SSSR count). The van der Waals surface area contributed by atoms with E-state index in [0.717, 1.165) is 5.56 Å². The van der Waals surface area contributed by atoms with Crippen LogP contribution in [0, 0.1) is 0 Å². The second-order valence-corrected chi connectivity index (χ2v) is 5.96. The summed E-state index contributed by atoms with van der Waals surface area (Å²) in [6.07, 6.45) is 0. The summed E-state index contributed by atoms with van der Waals surface area (Å²) in [6.45, 7) is 2.30. The zero-order chi connectivity index (χ0) is 16.8. The summed E-state index contributed by atoms with van der Waals surface area (Å²) in [5, 5.41) is 5.91. The monoisotopic (exact) mass is 353 g/mol. The molecule has 0 saturated carbocycles. The normalized spacial score (nSPS) is 11.8. The molecule has 2 aromatic carbocycles. The Hall–Kier alpha value is -1.75. The summed E-state index contributed by atoms with van der Waals surface area (Å²) >= 11 is 12.2. The predicted octanol–water partition coefficient (Wildman–Crippen LogP) is 3.27. The SMILES string of the molecule is COc1ccc(NC(=O)C[NH2+][C@H](C)c2ccccc2Cl)cc1Cl. The Kier molecular flexibility index (Phi) is 6.28. The van der Waals surface area contributed by atoms with Crippen molar-refractivity contribution in [1.82, 2.24) is 0 Å². The number of methoxy groups -OCH3 is 1. The molecule has 23 heavy (non-hydrogen) atoms. The van der Waals surface area contributed by atoms with Crippen LogP contribution < -0.4 is 15.4 Å². The van der Waals surface area contributed by atoms with Gasteiger partial charge in [0, 0.05) is 16.3 Å². The number of carbonyl (C=O) groups excluding carboxylic acids is 1. The Bertz CT molecular complexity index is 692. The molecule has 0 unspecified atom stereocenters. The topological polar surface area (TPSA) is 54.9 Å². The van der Waals surface area contributed by atoms with Gasteiger partial charge in [-0.3, -0.25) is 4.79 Å². The highest BCUT2D eigenvalue weighted by atomic mass is 35.5. The van der Waals surface area contributed by atoms with E-state index < -0.39 is 0 Å². The van der Waals surface area contributed by atoms with Crippen molar-refractivity contribution in [2.45, 2.75) is 13.0 Å².